The number of nitrogens with one attached hydrogen (secondary N) is 1. The number of benzene rings is 1. The summed E-state index contributed by atoms with van der Waals surface area (Å²) in [5, 5.41) is 3.58. The summed E-state index contributed by atoms with van der Waals surface area (Å²) < 4.78 is 1.23. The van der Waals surface area contributed by atoms with Crippen LogP contribution in [0.25, 0.3) is 0 Å². The SMILES string of the molecule is CC1CN(c2ccc(CNC3CC3)cc2Br)CC1N(C)C. The number of likely N-dealkylation sites (N-methyl/N-ethyl adjacent to an activating group) is 1. The summed E-state index contributed by atoms with van der Waals surface area (Å²) in [5.41, 5.74) is 2.70. The van der Waals surface area contributed by atoms with E-state index in [9.17, 15) is 0 Å². The van der Waals surface area contributed by atoms with Gasteiger partial charge in [-0.1, -0.05) is 13.0 Å². The minimum absolute atomic E-state index is 0.646. The molecule has 2 unspecified atom stereocenters. The fourth-order valence-electron chi connectivity index (χ4n) is 3.29. The molecular formula is C17H26BrN3. The molecule has 0 spiro atoms. The van der Waals surface area contributed by atoms with Crippen molar-refractivity contribution in [3.63, 3.8) is 0 Å². The van der Waals surface area contributed by atoms with Crippen LogP contribution in [0.3, 0.4) is 0 Å². The van der Waals surface area contributed by atoms with Gasteiger partial charge >= 0.3 is 0 Å². The molecule has 1 heterocycles. The van der Waals surface area contributed by atoms with Gasteiger partial charge in [0.25, 0.3) is 0 Å². The monoisotopic (exact) mass is 351 g/mol. The second-order valence-corrected chi connectivity index (χ2v) is 7.71. The normalized spacial score (nSPS) is 25.9. The summed E-state index contributed by atoms with van der Waals surface area (Å²) in [7, 11) is 4.37. The van der Waals surface area contributed by atoms with E-state index in [0.717, 1.165) is 25.7 Å². The lowest BCUT2D eigenvalue weighted by atomic mass is 10.1. The lowest BCUT2D eigenvalue weighted by Gasteiger charge is -2.23. The molecule has 1 saturated carbocycles. The molecule has 3 rings (SSSR count). The Balaban J connectivity index is 1.67. The van der Waals surface area contributed by atoms with Crippen molar-refractivity contribution in [1.29, 1.82) is 0 Å². The van der Waals surface area contributed by atoms with Crippen LogP contribution in [-0.4, -0.2) is 44.2 Å². The number of anilines is 1. The van der Waals surface area contributed by atoms with Crippen molar-refractivity contribution in [3.05, 3.63) is 28.2 Å². The van der Waals surface area contributed by atoms with Gasteiger partial charge in [-0.25, -0.2) is 0 Å². The smallest absolute Gasteiger partial charge is 0.0511 e. The van der Waals surface area contributed by atoms with Gasteiger partial charge in [0.05, 0.1) is 5.69 Å². The van der Waals surface area contributed by atoms with Crippen LogP contribution in [0.15, 0.2) is 22.7 Å². The molecule has 21 heavy (non-hydrogen) atoms. The van der Waals surface area contributed by atoms with E-state index in [1.54, 1.807) is 0 Å². The van der Waals surface area contributed by atoms with Crippen LogP contribution in [0, 0.1) is 5.92 Å². The van der Waals surface area contributed by atoms with Gasteiger partial charge in [-0.15, -0.1) is 0 Å². The fourth-order valence-corrected chi connectivity index (χ4v) is 3.96. The summed E-state index contributed by atoms with van der Waals surface area (Å²) in [6.45, 7) is 5.60. The molecule has 1 N–H and O–H groups in total. The lowest BCUT2D eigenvalue weighted by molar-refractivity contribution is 0.266. The van der Waals surface area contributed by atoms with Gasteiger partial charge in [0.2, 0.25) is 0 Å². The summed E-state index contributed by atoms with van der Waals surface area (Å²) >= 11 is 3.77. The first-order valence-electron chi connectivity index (χ1n) is 7.98. The summed E-state index contributed by atoms with van der Waals surface area (Å²) in [6, 6.07) is 8.23. The van der Waals surface area contributed by atoms with Crippen LogP contribution in [0.1, 0.15) is 25.3 Å². The van der Waals surface area contributed by atoms with Crippen LogP contribution < -0.4 is 10.2 Å². The van der Waals surface area contributed by atoms with Crippen molar-refractivity contribution in [2.45, 2.75) is 38.4 Å². The maximum atomic E-state index is 3.77. The van der Waals surface area contributed by atoms with Crippen molar-refractivity contribution < 1.29 is 0 Å². The van der Waals surface area contributed by atoms with Crippen molar-refractivity contribution in [1.82, 2.24) is 10.2 Å². The highest BCUT2D eigenvalue weighted by molar-refractivity contribution is 9.10. The van der Waals surface area contributed by atoms with Crippen LogP contribution in [0.2, 0.25) is 0 Å². The molecule has 1 saturated heterocycles. The first-order valence-corrected chi connectivity index (χ1v) is 8.77. The van der Waals surface area contributed by atoms with Crippen molar-refractivity contribution in [2.24, 2.45) is 5.92 Å². The standard InChI is InChI=1S/C17H26BrN3/c1-12-10-21(11-17(12)20(2)3)16-7-4-13(8-15(16)18)9-19-14-5-6-14/h4,7-8,12,14,17,19H,5-6,9-11H2,1-3H3. The van der Waals surface area contributed by atoms with Gasteiger partial charge in [-0.05, 0) is 66.5 Å². The number of nitrogens with zero attached hydrogens (tertiary/aromatic N) is 2. The summed E-state index contributed by atoms with van der Waals surface area (Å²) in [4.78, 5) is 4.87. The Labute approximate surface area is 136 Å². The number of hydrogen-bond donors (Lipinski definition) is 1. The highest BCUT2D eigenvalue weighted by Gasteiger charge is 2.31. The van der Waals surface area contributed by atoms with E-state index >= 15 is 0 Å². The third-order valence-electron chi connectivity index (χ3n) is 4.76. The minimum atomic E-state index is 0.646. The third-order valence-corrected chi connectivity index (χ3v) is 5.40. The molecule has 0 aromatic heterocycles. The second-order valence-electron chi connectivity index (χ2n) is 6.85. The molecule has 116 valence electrons. The molecule has 0 amide bonds. The molecule has 4 heteroatoms. The predicted octanol–water partition coefficient (Wildman–Crippen LogP) is 3.09. The van der Waals surface area contributed by atoms with E-state index in [0.29, 0.717) is 12.0 Å². The Morgan fingerprint density at radius 2 is 2.05 bits per heavy atom. The van der Waals surface area contributed by atoms with Gasteiger partial charge in [0, 0.05) is 36.2 Å². The minimum Gasteiger partial charge on any atom is -0.369 e. The molecular weight excluding hydrogens is 326 g/mol. The van der Waals surface area contributed by atoms with E-state index in [1.807, 2.05) is 0 Å². The molecule has 1 aliphatic carbocycles. The second kappa shape index (κ2) is 6.27. The Morgan fingerprint density at radius 3 is 2.62 bits per heavy atom. The number of hydrogen-bond acceptors (Lipinski definition) is 3. The maximum absolute atomic E-state index is 3.77. The number of halogens is 1. The van der Waals surface area contributed by atoms with E-state index in [2.05, 4.69) is 70.3 Å². The molecule has 2 atom stereocenters. The van der Waals surface area contributed by atoms with Crippen molar-refractivity contribution in [2.75, 3.05) is 32.1 Å². The molecule has 2 fully saturated rings. The molecule has 0 radical (unpaired) electrons. The molecule has 3 nitrogen and oxygen atoms in total. The van der Waals surface area contributed by atoms with Gasteiger partial charge in [0.1, 0.15) is 0 Å². The zero-order chi connectivity index (χ0) is 15.0. The van der Waals surface area contributed by atoms with Gasteiger partial charge in [-0.3, -0.25) is 0 Å². The summed E-state index contributed by atoms with van der Waals surface area (Å²) in [5.74, 6) is 0.711. The predicted molar refractivity (Wildman–Crippen MR) is 92.9 cm³/mol. The van der Waals surface area contributed by atoms with E-state index < -0.39 is 0 Å². The fraction of sp³-hybridized carbons (Fsp3) is 0.647. The molecule has 0 bridgehead atoms. The zero-order valence-corrected chi connectivity index (χ0v) is 14.9. The molecule has 2 aliphatic rings. The van der Waals surface area contributed by atoms with E-state index in [4.69, 9.17) is 0 Å². The highest BCUT2D eigenvalue weighted by atomic mass is 79.9. The Hall–Kier alpha value is -0.580. The Morgan fingerprint density at radius 1 is 1.29 bits per heavy atom. The van der Waals surface area contributed by atoms with Crippen molar-refractivity contribution in [3.8, 4) is 0 Å². The van der Waals surface area contributed by atoms with Crippen LogP contribution in [-0.2, 0) is 6.54 Å². The van der Waals surface area contributed by atoms with Crippen LogP contribution >= 0.6 is 15.9 Å². The highest BCUT2D eigenvalue weighted by Crippen LogP contribution is 2.32. The quantitative estimate of drug-likeness (QED) is 0.879. The van der Waals surface area contributed by atoms with Gasteiger partial charge in [-0.2, -0.15) is 0 Å². The molecule has 1 aromatic rings. The zero-order valence-electron chi connectivity index (χ0n) is 13.3. The van der Waals surface area contributed by atoms with E-state index in [-0.39, 0.29) is 0 Å². The van der Waals surface area contributed by atoms with Crippen LogP contribution in [0.5, 0.6) is 0 Å². The van der Waals surface area contributed by atoms with Gasteiger partial charge < -0.3 is 15.1 Å². The topological polar surface area (TPSA) is 18.5 Å². The van der Waals surface area contributed by atoms with Crippen molar-refractivity contribution >= 4 is 21.6 Å². The lowest BCUT2D eigenvalue weighted by Crippen LogP contribution is -2.34. The maximum Gasteiger partial charge on any atom is 0.0511 e. The Bertz CT molecular complexity index is 499. The van der Waals surface area contributed by atoms with E-state index in [1.165, 1.54) is 28.6 Å². The first kappa shape index (κ1) is 15.3. The van der Waals surface area contributed by atoms with Gasteiger partial charge in [0.15, 0.2) is 0 Å². The average molecular weight is 352 g/mol. The average Bonchev–Trinajstić information content (AvgIpc) is 3.18. The Kier molecular flexibility index (Phi) is 4.57. The summed E-state index contributed by atoms with van der Waals surface area (Å²) in [6.07, 6.45) is 2.69. The van der Waals surface area contributed by atoms with Crippen LogP contribution in [0.4, 0.5) is 5.69 Å². The first-order chi connectivity index (χ1) is 10.0. The molecule has 1 aromatic carbocycles. The number of rotatable bonds is 5. The molecule has 1 aliphatic heterocycles. The third kappa shape index (κ3) is 3.61. The largest absolute Gasteiger partial charge is 0.369 e.